The minimum Gasteiger partial charge on any atom is -0.477 e. The van der Waals surface area contributed by atoms with Gasteiger partial charge in [0.1, 0.15) is 0 Å². The third-order valence-corrected chi connectivity index (χ3v) is 0.497. The summed E-state index contributed by atoms with van der Waals surface area (Å²) < 4.78 is 33.3. The van der Waals surface area contributed by atoms with Crippen molar-refractivity contribution >= 4 is 11.7 Å². The largest absolute Gasteiger partial charge is 0.477 e. The van der Waals surface area contributed by atoms with Crippen LogP contribution in [0.5, 0.6) is 0 Å². The van der Waals surface area contributed by atoms with Crippen LogP contribution in [0.15, 0.2) is 0 Å². The lowest BCUT2D eigenvalue weighted by Crippen LogP contribution is -2.29. The van der Waals surface area contributed by atoms with E-state index in [1.807, 2.05) is 0 Å². The van der Waals surface area contributed by atoms with Gasteiger partial charge in [0, 0.05) is 0 Å². The lowest BCUT2D eigenvalue weighted by molar-refractivity contribution is -0.133. The molecule has 0 atom stereocenters. The van der Waals surface area contributed by atoms with Crippen LogP contribution in [0.2, 0.25) is 0 Å². The molecule has 0 aliphatic carbocycles. The van der Waals surface area contributed by atoms with E-state index in [0.29, 0.717) is 0 Å². The summed E-state index contributed by atoms with van der Waals surface area (Å²) >= 11 is 0. The molecule has 0 saturated carbocycles. The fourth-order valence-electron chi connectivity index (χ4n) is 0.121. The summed E-state index contributed by atoms with van der Waals surface area (Å²) in [5.41, 5.74) is -2.25. The molecular weight excluding hydrogens is 139 g/mol. The van der Waals surface area contributed by atoms with E-state index in [-0.39, 0.29) is 0 Å². The van der Waals surface area contributed by atoms with E-state index in [4.69, 9.17) is 10.5 Å². The van der Waals surface area contributed by atoms with E-state index in [2.05, 4.69) is 0 Å². The highest BCUT2D eigenvalue weighted by molar-refractivity contribution is 6.36. The van der Waals surface area contributed by atoms with Gasteiger partial charge >= 0.3 is 12.1 Å². The molecule has 9 heavy (non-hydrogen) atoms. The van der Waals surface area contributed by atoms with Gasteiger partial charge in [0.25, 0.3) is 0 Å². The maximum absolute atomic E-state index is 11.1. The summed E-state index contributed by atoms with van der Waals surface area (Å²) in [5.74, 6) is -2.26. The lowest BCUT2D eigenvalue weighted by atomic mass is 10.4. The molecule has 6 heteroatoms. The van der Waals surface area contributed by atoms with Gasteiger partial charge in [0.15, 0.2) is 0 Å². The standard InChI is InChI=1S/C3H2F3NO2/c4-3(5,6)1(7)2(8)9/h7H,(H,8,9). The van der Waals surface area contributed by atoms with Crippen LogP contribution in [0, 0.1) is 5.41 Å². The summed E-state index contributed by atoms with van der Waals surface area (Å²) in [5, 5.41) is 13.4. The Morgan fingerprint density at radius 2 is 1.78 bits per heavy atom. The molecule has 0 aromatic rings. The van der Waals surface area contributed by atoms with Gasteiger partial charge < -0.3 is 5.11 Å². The highest BCUT2D eigenvalue weighted by atomic mass is 19.4. The maximum atomic E-state index is 11.1. The van der Waals surface area contributed by atoms with Crippen LogP contribution in [-0.4, -0.2) is 23.0 Å². The van der Waals surface area contributed by atoms with E-state index < -0.39 is 17.9 Å². The second-order valence-electron chi connectivity index (χ2n) is 1.18. The van der Waals surface area contributed by atoms with E-state index in [1.165, 1.54) is 0 Å². The van der Waals surface area contributed by atoms with Gasteiger partial charge in [-0.1, -0.05) is 0 Å². The molecule has 0 aromatic heterocycles. The van der Waals surface area contributed by atoms with Crippen LogP contribution in [0.25, 0.3) is 0 Å². The number of aliphatic carboxylic acids is 1. The molecule has 2 N–H and O–H groups in total. The zero-order chi connectivity index (χ0) is 7.65. The molecule has 0 radical (unpaired) electrons. The van der Waals surface area contributed by atoms with Gasteiger partial charge in [-0.3, -0.25) is 5.41 Å². The Kier molecular flexibility index (Phi) is 1.80. The number of carboxylic acids is 1. The Labute approximate surface area is 47.6 Å². The van der Waals surface area contributed by atoms with Crippen molar-refractivity contribution in [2.45, 2.75) is 6.18 Å². The number of nitrogens with one attached hydrogen (secondary N) is 1. The molecule has 0 aliphatic rings. The highest BCUT2D eigenvalue weighted by Crippen LogP contribution is 2.15. The Morgan fingerprint density at radius 1 is 1.44 bits per heavy atom. The SMILES string of the molecule is N=C(C(=O)O)C(F)(F)F. The van der Waals surface area contributed by atoms with Crippen LogP contribution in [0.3, 0.4) is 0 Å². The van der Waals surface area contributed by atoms with Crippen LogP contribution < -0.4 is 0 Å². The van der Waals surface area contributed by atoms with Crippen molar-refractivity contribution in [3.63, 3.8) is 0 Å². The van der Waals surface area contributed by atoms with Crippen molar-refractivity contribution in [1.29, 1.82) is 5.41 Å². The lowest BCUT2D eigenvalue weighted by Gasteiger charge is -2.00. The highest BCUT2D eigenvalue weighted by Gasteiger charge is 2.39. The van der Waals surface area contributed by atoms with Gasteiger partial charge in [-0.15, -0.1) is 0 Å². The monoisotopic (exact) mass is 141 g/mol. The van der Waals surface area contributed by atoms with Crippen LogP contribution in [-0.2, 0) is 4.79 Å². The van der Waals surface area contributed by atoms with E-state index in [1.54, 1.807) is 0 Å². The third kappa shape index (κ3) is 2.11. The van der Waals surface area contributed by atoms with Gasteiger partial charge in [0.2, 0.25) is 5.71 Å². The summed E-state index contributed by atoms with van der Waals surface area (Å²) in [4.78, 5) is 9.40. The van der Waals surface area contributed by atoms with Crippen LogP contribution in [0.4, 0.5) is 13.2 Å². The first-order valence-electron chi connectivity index (χ1n) is 1.74. The molecular formula is C3H2F3NO2. The smallest absolute Gasteiger partial charge is 0.439 e. The predicted molar refractivity (Wildman–Crippen MR) is 21.4 cm³/mol. The molecule has 0 aromatic carbocycles. The second-order valence-corrected chi connectivity index (χ2v) is 1.18. The third-order valence-electron chi connectivity index (χ3n) is 0.497. The molecule has 0 spiro atoms. The zero-order valence-corrected chi connectivity index (χ0v) is 3.99. The molecule has 0 amide bonds. The molecule has 0 fully saturated rings. The first kappa shape index (κ1) is 7.93. The minimum absolute atomic E-state index is 2.25. The molecule has 3 nitrogen and oxygen atoms in total. The molecule has 0 rings (SSSR count). The van der Waals surface area contributed by atoms with Crippen molar-refractivity contribution in [1.82, 2.24) is 0 Å². The average Bonchev–Trinajstić information content (AvgIpc) is 1.62. The fraction of sp³-hybridized carbons (Fsp3) is 0.333. The number of hydrogen-bond acceptors (Lipinski definition) is 2. The number of halogens is 3. The number of alkyl halides is 3. The summed E-state index contributed by atoms with van der Waals surface area (Å²) in [7, 11) is 0. The number of carboxylic acid groups (broad SMARTS) is 1. The van der Waals surface area contributed by atoms with Crippen molar-refractivity contribution in [3.8, 4) is 0 Å². The molecule has 52 valence electrons. The normalized spacial score (nSPS) is 11.0. The van der Waals surface area contributed by atoms with Crippen molar-refractivity contribution in [3.05, 3.63) is 0 Å². The average molecular weight is 141 g/mol. The van der Waals surface area contributed by atoms with Crippen molar-refractivity contribution < 1.29 is 23.1 Å². The Morgan fingerprint density at radius 3 is 1.78 bits per heavy atom. The summed E-state index contributed by atoms with van der Waals surface area (Å²) in [6.45, 7) is 0. The van der Waals surface area contributed by atoms with E-state index in [9.17, 15) is 18.0 Å². The van der Waals surface area contributed by atoms with E-state index in [0.717, 1.165) is 0 Å². The summed E-state index contributed by atoms with van der Waals surface area (Å²) in [6, 6.07) is 0. The van der Waals surface area contributed by atoms with Crippen molar-refractivity contribution in [2.24, 2.45) is 0 Å². The number of hydrogen-bond donors (Lipinski definition) is 2. The number of rotatable bonds is 1. The minimum atomic E-state index is -5.04. The molecule has 0 heterocycles. The van der Waals surface area contributed by atoms with Crippen LogP contribution in [0.1, 0.15) is 0 Å². The van der Waals surface area contributed by atoms with Gasteiger partial charge in [-0.05, 0) is 0 Å². The predicted octanol–water partition coefficient (Wildman–Crippen LogP) is 0.653. The molecule has 0 aliphatic heterocycles. The Hall–Kier alpha value is -1.07. The Bertz CT molecular complexity index is 150. The topological polar surface area (TPSA) is 61.2 Å². The maximum Gasteiger partial charge on any atom is 0.439 e. The Balaban J connectivity index is 4.23. The molecule has 0 unspecified atom stereocenters. The summed E-state index contributed by atoms with van der Waals surface area (Å²) in [6.07, 6.45) is -5.04. The fourth-order valence-corrected chi connectivity index (χ4v) is 0.121. The molecule has 0 bridgehead atoms. The van der Waals surface area contributed by atoms with Crippen LogP contribution >= 0.6 is 0 Å². The van der Waals surface area contributed by atoms with Gasteiger partial charge in [-0.2, -0.15) is 13.2 Å². The molecule has 0 saturated heterocycles. The van der Waals surface area contributed by atoms with Gasteiger partial charge in [0.05, 0.1) is 0 Å². The first-order chi connectivity index (χ1) is 3.85. The second kappa shape index (κ2) is 2.04. The first-order valence-corrected chi connectivity index (χ1v) is 1.74. The van der Waals surface area contributed by atoms with Crippen molar-refractivity contribution in [2.75, 3.05) is 0 Å². The van der Waals surface area contributed by atoms with Gasteiger partial charge in [-0.25, -0.2) is 4.79 Å². The quantitative estimate of drug-likeness (QED) is 0.526. The van der Waals surface area contributed by atoms with E-state index >= 15 is 0 Å². The zero-order valence-electron chi connectivity index (χ0n) is 3.99. The number of carbonyl (C=O) groups is 1.